The molecule has 0 aromatic heterocycles. The average Bonchev–Trinajstić information content (AvgIpc) is 2.76. The normalized spacial score (nSPS) is 11.1. The lowest BCUT2D eigenvalue weighted by molar-refractivity contribution is -0.137. The molecule has 1 amide bonds. The lowest BCUT2D eigenvalue weighted by Crippen LogP contribution is -2.23. The van der Waals surface area contributed by atoms with Gasteiger partial charge in [0.15, 0.2) is 0 Å². The van der Waals surface area contributed by atoms with Gasteiger partial charge in [0.25, 0.3) is 5.91 Å². The molecule has 0 aliphatic rings. The number of alkyl halides is 3. The van der Waals surface area contributed by atoms with Crippen LogP contribution in [0, 0.1) is 0 Å². The molecular weight excluding hydrogens is 395 g/mol. The third-order valence-electron chi connectivity index (χ3n) is 4.52. The van der Waals surface area contributed by atoms with Crippen LogP contribution in [0.3, 0.4) is 0 Å². The van der Waals surface area contributed by atoms with E-state index in [4.69, 9.17) is 0 Å². The van der Waals surface area contributed by atoms with Crippen molar-refractivity contribution in [3.63, 3.8) is 0 Å². The maximum atomic E-state index is 12.8. The number of benzene rings is 3. The smallest absolute Gasteiger partial charge is 0.416 e. The second kappa shape index (κ2) is 8.82. The maximum absolute atomic E-state index is 12.8. The van der Waals surface area contributed by atoms with E-state index < -0.39 is 17.7 Å². The van der Waals surface area contributed by atoms with Gasteiger partial charge in [0.2, 0.25) is 0 Å². The van der Waals surface area contributed by atoms with Gasteiger partial charge in [0.1, 0.15) is 0 Å². The number of carbonyl (C=O) groups is 2. The van der Waals surface area contributed by atoms with Crippen LogP contribution in [0.15, 0.2) is 72.8 Å². The number of rotatable bonds is 5. The summed E-state index contributed by atoms with van der Waals surface area (Å²) in [4.78, 5) is 24.2. The highest BCUT2D eigenvalue weighted by Crippen LogP contribution is 2.31. The minimum Gasteiger partial charge on any atom is -0.465 e. The average molecular weight is 413 g/mol. The first kappa shape index (κ1) is 21.1. The molecule has 1 N–H and O–H groups in total. The Morgan fingerprint density at radius 3 is 2.13 bits per heavy atom. The van der Waals surface area contributed by atoms with Crippen LogP contribution in [-0.4, -0.2) is 19.0 Å². The zero-order valence-electron chi connectivity index (χ0n) is 16.0. The minimum absolute atomic E-state index is 0.224. The van der Waals surface area contributed by atoms with E-state index in [1.165, 1.54) is 19.2 Å². The molecule has 7 heteroatoms. The Hall–Kier alpha value is -3.61. The number of esters is 1. The molecule has 0 atom stereocenters. The van der Waals surface area contributed by atoms with Crippen LogP contribution in [0.5, 0.6) is 0 Å². The van der Waals surface area contributed by atoms with Crippen molar-refractivity contribution in [2.45, 2.75) is 12.7 Å². The first-order valence-corrected chi connectivity index (χ1v) is 9.01. The fourth-order valence-corrected chi connectivity index (χ4v) is 2.93. The lowest BCUT2D eigenvalue weighted by atomic mass is 9.98. The molecule has 0 aliphatic heterocycles. The number of halogens is 3. The molecule has 0 spiro atoms. The standard InChI is InChI=1S/C23H18F3NO3/c1-30-22(29)17-8-6-15(7-9-17)14-27-21(28)20-5-3-2-4-19(20)16-10-12-18(13-11-16)23(24,25)26/h2-13H,14H2,1H3,(H,27,28). The van der Waals surface area contributed by atoms with Gasteiger partial charge in [-0.05, 0) is 47.0 Å². The first-order valence-electron chi connectivity index (χ1n) is 9.01. The van der Waals surface area contributed by atoms with Crippen molar-refractivity contribution >= 4 is 11.9 Å². The zero-order chi connectivity index (χ0) is 21.7. The van der Waals surface area contributed by atoms with Crippen LogP contribution >= 0.6 is 0 Å². The van der Waals surface area contributed by atoms with Crippen molar-refractivity contribution in [2.75, 3.05) is 7.11 Å². The Labute approximate surface area is 171 Å². The number of ether oxygens (including phenoxy) is 1. The number of carbonyl (C=O) groups excluding carboxylic acids is 2. The van der Waals surface area contributed by atoms with E-state index in [-0.39, 0.29) is 12.5 Å². The van der Waals surface area contributed by atoms with Gasteiger partial charge in [0, 0.05) is 12.1 Å². The van der Waals surface area contributed by atoms with Gasteiger partial charge in [-0.1, -0.05) is 42.5 Å². The summed E-state index contributed by atoms with van der Waals surface area (Å²) in [6.07, 6.45) is -4.42. The van der Waals surface area contributed by atoms with Crippen molar-refractivity contribution in [1.82, 2.24) is 5.32 Å². The van der Waals surface area contributed by atoms with Crippen LogP contribution in [-0.2, 0) is 17.5 Å². The van der Waals surface area contributed by atoms with E-state index in [0.29, 0.717) is 22.3 Å². The number of hydrogen-bond acceptors (Lipinski definition) is 3. The van der Waals surface area contributed by atoms with Crippen molar-refractivity contribution in [3.8, 4) is 11.1 Å². The van der Waals surface area contributed by atoms with Crippen LogP contribution in [0.4, 0.5) is 13.2 Å². The molecule has 3 aromatic carbocycles. The SMILES string of the molecule is COC(=O)c1ccc(CNC(=O)c2ccccc2-c2ccc(C(F)(F)F)cc2)cc1. The summed E-state index contributed by atoms with van der Waals surface area (Å²) in [6, 6.07) is 18.0. The van der Waals surface area contributed by atoms with Crippen molar-refractivity contribution < 1.29 is 27.5 Å². The Bertz CT molecular complexity index is 1040. The first-order chi connectivity index (χ1) is 14.3. The quantitative estimate of drug-likeness (QED) is 0.593. The topological polar surface area (TPSA) is 55.4 Å². The predicted molar refractivity (Wildman–Crippen MR) is 106 cm³/mol. The summed E-state index contributed by atoms with van der Waals surface area (Å²) in [6.45, 7) is 0.224. The molecule has 3 rings (SSSR count). The number of nitrogens with one attached hydrogen (secondary N) is 1. The lowest BCUT2D eigenvalue weighted by Gasteiger charge is -2.12. The van der Waals surface area contributed by atoms with E-state index in [2.05, 4.69) is 10.1 Å². The molecule has 0 heterocycles. The van der Waals surface area contributed by atoms with E-state index in [0.717, 1.165) is 17.7 Å². The third-order valence-corrected chi connectivity index (χ3v) is 4.52. The Balaban J connectivity index is 1.75. The predicted octanol–water partition coefficient (Wildman–Crippen LogP) is 5.09. The van der Waals surface area contributed by atoms with Gasteiger partial charge >= 0.3 is 12.1 Å². The molecule has 0 fully saturated rings. The second-order valence-corrected chi connectivity index (χ2v) is 6.49. The molecule has 30 heavy (non-hydrogen) atoms. The zero-order valence-corrected chi connectivity index (χ0v) is 16.0. The van der Waals surface area contributed by atoms with Gasteiger partial charge in [-0.3, -0.25) is 4.79 Å². The van der Waals surface area contributed by atoms with Gasteiger partial charge in [-0.15, -0.1) is 0 Å². The highest BCUT2D eigenvalue weighted by atomic mass is 19.4. The number of hydrogen-bond donors (Lipinski definition) is 1. The Morgan fingerprint density at radius 2 is 1.53 bits per heavy atom. The summed E-state index contributed by atoms with van der Waals surface area (Å²) < 4.78 is 43.0. The van der Waals surface area contributed by atoms with Gasteiger partial charge in [0.05, 0.1) is 18.2 Å². The summed E-state index contributed by atoms with van der Waals surface area (Å²) in [5.41, 5.74) is 1.83. The maximum Gasteiger partial charge on any atom is 0.416 e. The molecule has 0 bridgehead atoms. The van der Waals surface area contributed by atoms with Crippen LogP contribution in [0.25, 0.3) is 11.1 Å². The molecule has 0 unspecified atom stereocenters. The van der Waals surface area contributed by atoms with E-state index in [1.807, 2.05) is 0 Å². The van der Waals surface area contributed by atoms with E-state index in [1.54, 1.807) is 48.5 Å². The summed E-state index contributed by atoms with van der Waals surface area (Å²) in [5.74, 6) is -0.807. The van der Waals surface area contributed by atoms with Crippen LogP contribution in [0.1, 0.15) is 31.8 Å². The van der Waals surface area contributed by atoms with Crippen molar-refractivity contribution in [2.24, 2.45) is 0 Å². The third kappa shape index (κ3) is 4.86. The van der Waals surface area contributed by atoms with E-state index >= 15 is 0 Å². The van der Waals surface area contributed by atoms with Gasteiger partial charge in [-0.2, -0.15) is 13.2 Å². The molecule has 0 radical (unpaired) electrons. The van der Waals surface area contributed by atoms with Crippen molar-refractivity contribution in [1.29, 1.82) is 0 Å². The fraction of sp³-hybridized carbons (Fsp3) is 0.130. The Kier molecular flexibility index (Phi) is 6.20. The highest BCUT2D eigenvalue weighted by Gasteiger charge is 2.30. The molecule has 4 nitrogen and oxygen atoms in total. The summed E-state index contributed by atoms with van der Waals surface area (Å²) >= 11 is 0. The molecule has 0 saturated carbocycles. The largest absolute Gasteiger partial charge is 0.465 e. The van der Waals surface area contributed by atoms with E-state index in [9.17, 15) is 22.8 Å². The molecule has 154 valence electrons. The number of amides is 1. The van der Waals surface area contributed by atoms with Gasteiger partial charge in [-0.25, -0.2) is 4.79 Å². The second-order valence-electron chi connectivity index (χ2n) is 6.49. The highest BCUT2D eigenvalue weighted by molar-refractivity contribution is 6.00. The number of methoxy groups -OCH3 is 1. The summed E-state index contributed by atoms with van der Waals surface area (Å²) in [5, 5.41) is 2.79. The molecule has 0 aliphatic carbocycles. The minimum atomic E-state index is -4.42. The summed E-state index contributed by atoms with van der Waals surface area (Å²) in [7, 11) is 1.30. The van der Waals surface area contributed by atoms with Crippen molar-refractivity contribution in [3.05, 3.63) is 95.1 Å². The van der Waals surface area contributed by atoms with Crippen LogP contribution < -0.4 is 5.32 Å². The Morgan fingerprint density at radius 1 is 0.900 bits per heavy atom. The molecular formula is C23H18F3NO3. The molecule has 3 aromatic rings. The van der Waals surface area contributed by atoms with Crippen LogP contribution in [0.2, 0.25) is 0 Å². The molecule has 0 saturated heterocycles. The van der Waals surface area contributed by atoms with Gasteiger partial charge < -0.3 is 10.1 Å². The monoisotopic (exact) mass is 413 g/mol. The fourth-order valence-electron chi connectivity index (χ4n) is 2.93.